The maximum atomic E-state index is 13.9. The molecule has 1 unspecified atom stereocenters. The number of anilines is 1. The molecule has 0 bridgehead atoms. The van der Waals surface area contributed by atoms with Crippen molar-refractivity contribution in [1.29, 1.82) is 0 Å². The predicted molar refractivity (Wildman–Crippen MR) is 155 cm³/mol. The van der Waals surface area contributed by atoms with Crippen LogP contribution in [0.3, 0.4) is 0 Å². The van der Waals surface area contributed by atoms with Gasteiger partial charge in [0.05, 0.1) is 25.4 Å². The Morgan fingerprint density at radius 3 is 2.19 bits per heavy atom. The van der Waals surface area contributed by atoms with Gasteiger partial charge in [0.2, 0.25) is 11.9 Å². The largest absolute Gasteiger partial charge is 0.497 e. The summed E-state index contributed by atoms with van der Waals surface area (Å²) in [4.78, 5) is 48.1. The summed E-state index contributed by atoms with van der Waals surface area (Å²) in [7, 11) is 1.46. The first-order valence-electron chi connectivity index (χ1n) is 14.4. The van der Waals surface area contributed by atoms with Crippen molar-refractivity contribution >= 4 is 17.9 Å². The molecule has 1 aliphatic heterocycles. The van der Waals surface area contributed by atoms with Crippen molar-refractivity contribution < 1.29 is 50.1 Å². The summed E-state index contributed by atoms with van der Waals surface area (Å²) in [6.07, 6.45) is -9.61. The Balaban J connectivity index is 1.21. The molecule has 0 radical (unpaired) electrons. The van der Waals surface area contributed by atoms with Crippen molar-refractivity contribution in [3.63, 3.8) is 0 Å². The summed E-state index contributed by atoms with van der Waals surface area (Å²) >= 11 is 0. The fourth-order valence-electron chi connectivity index (χ4n) is 4.55. The molecule has 1 aromatic carbocycles. The number of rotatable bonds is 11. The van der Waals surface area contributed by atoms with Crippen LogP contribution in [0.2, 0.25) is 0 Å². The number of nitrogens with one attached hydrogen (secondary N) is 1. The molecule has 1 atom stereocenters. The molecule has 13 nitrogen and oxygen atoms in total. The van der Waals surface area contributed by atoms with Crippen molar-refractivity contribution in [3.8, 4) is 11.5 Å². The van der Waals surface area contributed by atoms with Crippen LogP contribution >= 0.6 is 0 Å². The van der Waals surface area contributed by atoms with Crippen LogP contribution in [0.15, 0.2) is 47.7 Å². The van der Waals surface area contributed by atoms with Crippen LogP contribution in [0.5, 0.6) is 11.5 Å². The van der Waals surface area contributed by atoms with Crippen LogP contribution in [-0.4, -0.2) is 89.2 Å². The minimum atomic E-state index is -5.07. The maximum Gasteiger partial charge on any atom is 0.425 e. The summed E-state index contributed by atoms with van der Waals surface area (Å²) < 4.78 is 95.8. The van der Waals surface area contributed by atoms with Crippen molar-refractivity contribution in [2.75, 3.05) is 51.3 Å². The van der Waals surface area contributed by atoms with E-state index in [0.29, 0.717) is 28.4 Å². The number of alkyl carbamates (subject to hydrolysis) is 1. The normalized spacial score (nSPS) is 14.3. The third-order valence-corrected chi connectivity index (χ3v) is 7.05. The minimum Gasteiger partial charge on any atom is -0.497 e. The molecule has 1 aliphatic rings. The number of nitrogens with zero attached hydrogens (tertiary/aromatic N) is 6. The Labute approximate surface area is 269 Å². The van der Waals surface area contributed by atoms with Crippen molar-refractivity contribution in [3.05, 3.63) is 69.9 Å². The molecule has 19 heteroatoms. The van der Waals surface area contributed by atoms with Gasteiger partial charge in [-0.05, 0) is 24.6 Å². The zero-order valence-electron chi connectivity index (χ0n) is 25.7. The topological polar surface area (TPSA) is 141 Å². The molecule has 48 heavy (non-hydrogen) atoms. The molecule has 0 saturated carbocycles. The molecule has 260 valence electrons. The molecule has 0 aliphatic carbocycles. The van der Waals surface area contributed by atoms with Gasteiger partial charge in [-0.2, -0.15) is 31.4 Å². The number of halogens is 6. The lowest BCUT2D eigenvalue weighted by molar-refractivity contribution is -0.141. The number of hydrogen-bond acceptors (Lipinski definition) is 10. The third-order valence-electron chi connectivity index (χ3n) is 7.05. The molecule has 3 aromatic rings. The molecule has 2 aromatic heterocycles. The van der Waals surface area contributed by atoms with Crippen LogP contribution < -0.4 is 25.2 Å². The van der Waals surface area contributed by atoms with E-state index in [1.54, 1.807) is 29.2 Å². The minimum absolute atomic E-state index is 0.0919. The summed E-state index contributed by atoms with van der Waals surface area (Å²) in [5, 5.41) is 6.18. The Kier molecular flexibility index (Phi) is 11.3. The van der Waals surface area contributed by atoms with E-state index in [4.69, 9.17) is 14.2 Å². The molecule has 1 fully saturated rings. The Morgan fingerprint density at radius 2 is 1.60 bits per heavy atom. The highest BCUT2D eigenvalue weighted by Crippen LogP contribution is 2.33. The number of piperazine rings is 1. The van der Waals surface area contributed by atoms with E-state index in [-0.39, 0.29) is 57.5 Å². The van der Waals surface area contributed by atoms with Crippen molar-refractivity contribution in [2.24, 2.45) is 0 Å². The van der Waals surface area contributed by atoms with Crippen LogP contribution in [0.25, 0.3) is 0 Å². The van der Waals surface area contributed by atoms with Crippen LogP contribution in [0.1, 0.15) is 30.0 Å². The highest BCUT2D eigenvalue weighted by atomic mass is 19.4. The Hall–Kier alpha value is -5.10. The zero-order valence-corrected chi connectivity index (χ0v) is 25.7. The quantitative estimate of drug-likeness (QED) is 0.299. The lowest BCUT2D eigenvalue weighted by atomic mass is 10.2. The number of methoxy groups -OCH3 is 1. The number of ether oxygens (including phenoxy) is 3. The Morgan fingerprint density at radius 1 is 0.958 bits per heavy atom. The zero-order chi connectivity index (χ0) is 35.1. The SMILES string of the molecule is COc1ccc(Cn2ncc(OC(C)COC(=O)NCCC(=O)N3CCN(c4ncc(C(F)(F)F)cn4)CC3)c(C(F)(F)F)c2=O)cc1. The van der Waals surface area contributed by atoms with E-state index in [2.05, 4.69) is 20.4 Å². The van der Waals surface area contributed by atoms with Gasteiger partial charge in [-0.3, -0.25) is 9.59 Å². The third kappa shape index (κ3) is 9.47. The Bertz CT molecular complexity index is 1610. The van der Waals surface area contributed by atoms with Crippen LogP contribution in [0.4, 0.5) is 37.1 Å². The van der Waals surface area contributed by atoms with Crippen molar-refractivity contribution in [1.82, 2.24) is 30.0 Å². The van der Waals surface area contributed by atoms with Gasteiger partial charge in [0, 0.05) is 51.5 Å². The first kappa shape index (κ1) is 35.7. The standard InChI is InChI=1S/C29H31F6N7O6/c1-18(48-22-15-39-42(25(44)24(22)29(33,34)35)16-19-3-5-21(46-2)6-4-19)17-47-27(45)36-8-7-23(43)40-9-11-41(12-10-40)26-37-13-20(14-38-26)28(30,31)32/h3-6,13-15,18H,7-12,16-17H2,1-2H3,(H,36,45). The number of hydrogen-bond donors (Lipinski definition) is 1. The average Bonchev–Trinajstić information content (AvgIpc) is 3.04. The highest BCUT2D eigenvalue weighted by Gasteiger charge is 2.39. The van der Waals surface area contributed by atoms with E-state index in [1.165, 1.54) is 18.9 Å². The maximum absolute atomic E-state index is 13.9. The number of aromatic nitrogens is 4. The molecule has 3 heterocycles. The number of carbonyl (C=O) groups excluding carboxylic acids is 2. The molecule has 0 spiro atoms. The fourth-order valence-corrected chi connectivity index (χ4v) is 4.55. The lowest BCUT2D eigenvalue weighted by Crippen LogP contribution is -2.49. The number of alkyl halides is 6. The van der Waals surface area contributed by atoms with Gasteiger partial charge in [-0.15, -0.1) is 0 Å². The second-order valence-corrected chi connectivity index (χ2v) is 10.5. The fraction of sp³-hybridized carbons (Fsp3) is 0.448. The first-order chi connectivity index (χ1) is 22.7. The van der Waals surface area contributed by atoms with Crippen LogP contribution in [-0.2, 0) is 28.4 Å². The van der Waals surface area contributed by atoms with Crippen LogP contribution in [0, 0.1) is 0 Å². The van der Waals surface area contributed by atoms with E-state index >= 15 is 0 Å². The van der Waals surface area contributed by atoms with Gasteiger partial charge in [0.25, 0.3) is 5.56 Å². The average molecular weight is 688 g/mol. The van der Waals surface area contributed by atoms with E-state index in [1.807, 2.05) is 0 Å². The van der Waals surface area contributed by atoms with Gasteiger partial charge in [0.1, 0.15) is 18.5 Å². The molecular weight excluding hydrogens is 656 g/mol. The second-order valence-electron chi connectivity index (χ2n) is 10.5. The summed E-state index contributed by atoms with van der Waals surface area (Å²) in [5.41, 5.74) is -3.44. The molecule has 1 saturated heterocycles. The van der Waals surface area contributed by atoms with Gasteiger partial charge in [-0.1, -0.05) is 12.1 Å². The number of amides is 2. The smallest absolute Gasteiger partial charge is 0.425 e. The number of carbonyl (C=O) groups is 2. The summed E-state index contributed by atoms with van der Waals surface area (Å²) in [5.74, 6) is -0.487. The van der Waals surface area contributed by atoms with E-state index in [0.717, 1.165) is 6.20 Å². The van der Waals surface area contributed by atoms with Gasteiger partial charge in [0.15, 0.2) is 11.3 Å². The number of benzene rings is 1. The summed E-state index contributed by atoms with van der Waals surface area (Å²) in [6.45, 7) is 1.58. The highest BCUT2D eigenvalue weighted by molar-refractivity contribution is 5.77. The van der Waals surface area contributed by atoms with Crippen molar-refractivity contribution in [2.45, 2.75) is 38.3 Å². The second kappa shape index (κ2) is 15.2. The van der Waals surface area contributed by atoms with Gasteiger partial charge in [-0.25, -0.2) is 19.4 Å². The molecular formula is C29H31F6N7O6. The molecule has 2 amide bonds. The van der Waals surface area contributed by atoms with E-state index < -0.39 is 53.6 Å². The monoisotopic (exact) mass is 687 g/mol. The molecule has 4 rings (SSSR count). The molecule has 1 N–H and O–H groups in total. The first-order valence-corrected chi connectivity index (χ1v) is 14.4. The van der Waals surface area contributed by atoms with E-state index in [9.17, 15) is 40.7 Å². The van der Waals surface area contributed by atoms with Gasteiger partial charge < -0.3 is 29.3 Å². The predicted octanol–water partition coefficient (Wildman–Crippen LogP) is 3.36. The van der Waals surface area contributed by atoms with Gasteiger partial charge >= 0.3 is 18.4 Å². The summed E-state index contributed by atoms with van der Waals surface area (Å²) in [6, 6.07) is 6.34. The lowest BCUT2D eigenvalue weighted by Gasteiger charge is -2.34.